The number of aryl methyl sites for hydroxylation is 2. The predicted molar refractivity (Wildman–Crippen MR) is 282 cm³/mol. The van der Waals surface area contributed by atoms with Crippen molar-refractivity contribution in [2.24, 2.45) is 16.8 Å². The molecule has 0 saturated heterocycles. The van der Waals surface area contributed by atoms with E-state index in [0.29, 0.717) is 76.6 Å². The van der Waals surface area contributed by atoms with Crippen LogP contribution in [0.5, 0.6) is 17.2 Å². The van der Waals surface area contributed by atoms with Gasteiger partial charge in [-0.2, -0.15) is 0 Å². The molecule has 384 valence electrons. The zero-order chi connectivity index (χ0) is 52.2. The predicted octanol–water partition coefficient (Wildman–Crippen LogP) is 9.37. The highest BCUT2D eigenvalue weighted by Crippen LogP contribution is 2.42. The number of aliphatic imine (C=N–C) groups is 1. The molecule has 4 atom stereocenters. The van der Waals surface area contributed by atoms with Gasteiger partial charge in [0.1, 0.15) is 19.0 Å². The van der Waals surface area contributed by atoms with Crippen molar-refractivity contribution < 1.29 is 47.7 Å². The fourth-order valence-corrected chi connectivity index (χ4v) is 10.5. The molecular formula is C59H63N5O10. The lowest BCUT2D eigenvalue weighted by Crippen LogP contribution is -2.45. The Balaban J connectivity index is 0.932. The van der Waals surface area contributed by atoms with Gasteiger partial charge in [0.05, 0.1) is 37.6 Å². The number of carbonyl (C=O) groups excluding carboxylic acids is 6. The zero-order valence-corrected chi connectivity index (χ0v) is 42.8. The van der Waals surface area contributed by atoms with E-state index in [1.165, 1.54) is 12.7 Å². The summed E-state index contributed by atoms with van der Waals surface area (Å²) in [4.78, 5) is 88.7. The fourth-order valence-electron chi connectivity index (χ4n) is 10.5. The minimum Gasteiger partial charge on any atom is -0.493 e. The van der Waals surface area contributed by atoms with E-state index in [0.717, 1.165) is 40.9 Å². The van der Waals surface area contributed by atoms with Crippen molar-refractivity contribution in [2.45, 2.75) is 117 Å². The van der Waals surface area contributed by atoms with Crippen LogP contribution in [0, 0.1) is 18.8 Å². The van der Waals surface area contributed by atoms with E-state index >= 15 is 0 Å². The first-order chi connectivity index (χ1) is 35.7. The maximum absolute atomic E-state index is 14.2. The van der Waals surface area contributed by atoms with Gasteiger partial charge in [0.25, 0.3) is 11.8 Å². The molecule has 0 fully saturated rings. The smallest absolute Gasteiger partial charge is 0.305 e. The summed E-state index contributed by atoms with van der Waals surface area (Å²) in [7, 11) is 2.86. The molecule has 4 aliphatic heterocycles. The van der Waals surface area contributed by atoms with E-state index in [1.54, 1.807) is 38.3 Å². The molecule has 0 bridgehead atoms. The van der Waals surface area contributed by atoms with E-state index < -0.39 is 17.9 Å². The van der Waals surface area contributed by atoms with Crippen LogP contribution in [0.2, 0.25) is 0 Å². The Hall–Kier alpha value is -7.81. The highest BCUT2D eigenvalue weighted by atomic mass is 16.5. The summed E-state index contributed by atoms with van der Waals surface area (Å²) in [5.74, 6) is -1.06. The number of fused-ring (bicyclic) bond motifs is 8. The van der Waals surface area contributed by atoms with E-state index in [4.69, 9.17) is 19.2 Å². The molecule has 0 spiro atoms. The summed E-state index contributed by atoms with van der Waals surface area (Å²) in [6, 6.07) is 27.8. The highest BCUT2D eigenvalue weighted by Gasteiger charge is 2.39. The Kier molecular flexibility index (Phi) is 15.3. The lowest BCUT2D eigenvalue weighted by molar-refractivity contribution is -0.140. The molecule has 4 amide bonds. The third kappa shape index (κ3) is 10.9. The fraction of sp³-hybridized carbons (Fsp3) is 0.373. The molecule has 2 N–H and O–H groups in total. The van der Waals surface area contributed by atoms with Gasteiger partial charge in [0.2, 0.25) is 11.8 Å². The Morgan fingerprint density at radius 2 is 1.39 bits per heavy atom. The number of amides is 4. The van der Waals surface area contributed by atoms with Crippen molar-refractivity contribution >= 4 is 64.3 Å². The third-order valence-corrected chi connectivity index (χ3v) is 14.5. The topological polar surface area (TPSA) is 182 Å². The van der Waals surface area contributed by atoms with E-state index in [2.05, 4.69) is 21.4 Å². The quantitative estimate of drug-likeness (QED) is 0.0597. The van der Waals surface area contributed by atoms with Crippen molar-refractivity contribution in [1.29, 1.82) is 0 Å². The first kappa shape index (κ1) is 51.1. The standard InChI is InChI=1S/C59H63N5O10/c1-34(2)56(62-54(66)17-11-12-18-55(67)72-6)50(65)22-36(4)57(68)61-42-24-37(32-73-51-30-47-46(21-35(51)3)59(70)64-44(31-60-47)27-41-14-8-10-16-49(41)64)23-38(25-42)33-74-53-28-39-19-20-43-26-40-13-7-9-15-48(40)63(43)58(69)45(39)29-52(53)71-5/h7-10,13-16,21,23-25,28-31,34,36,43-44,56H,11-12,17-20,22,26-27,32-33H2,1-6H3,(H,61,68)(H,62,66)/t36-,43-,44+,56+/m1/s1. The van der Waals surface area contributed by atoms with Crippen LogP contribution in [0.3, 0.4) is 0 Å². The van der Waals surface area contributed by atoms with Crippen LogP contribution in [0.4, 0.5) is 22.7 Å². The van der Waals surface area contributed by atoms with Gasteiger partial charge in [-0.05, 0) is 127 Å². The largest absolute Gasteiger partial charge is 0.493 e. The maximum atomic E-state index is 14.2. The monoisotopic (exact) mass is 1000 g/mol. The summed E-state index contributed by atoms with van der Waals surface area (Å²) in [6.45, 7) is 7.38. The Labute approximate surface area is 431 Å². The van der Waals surface area contributed by atoms with Gasteiger partial charge in [-0.25, -0.2) is 0 Å². The molecule has 0 aromatic heterocycles. The van der Waals surface area contributed by atoms with Crippen LogP contribution in [0.1, 0.15) is 113 Å². The number of ether oxygens (including phenoxy) is 4. The van der Waals surface area contributed by atoms with Gasteiger partial charge >= 0.3 is 5.97 Å². The number of esters is 1. The van der Waals surface area contributed by atoms with Crippen LogP contribution >= 0.6 is 0 Å². The third-order valence-electron chi connectivity index (χ3n) is 14.5. The van der Waals surface area contributed by atoms with Crippen LogP contribution in [0.15, 0.2) is 96.0 Å². The molecule has 0 radical (unpaired) electrons. The van der Waals surface area contributed by atoms with E-state index in [9.17, 15) is 28.8 Å². The SMILES string of the molecule is COC(=O)CCCCC(=O)N[C@H](C(=O)C[C@@H](C)C(=O)Nc1cc(COc2cc3c(cc2C)C(=O)N2c4ccccc4C[C@H]2C=N3)cc(COc2cc3c(cc2OC)C(=O)N2c4ccccc4C[C@H]2CC3)c1)C(C)C. The van der Waals surface area contributed by atoms with Crippen molar-refractivity contribution in [3.05, 3.63) is 136 Å². The summed E-state index contributed by atoms with van der Waals surface area (Å²) < 4.78 is 23.5. The summed E-state index contributed by atoms with van der Waals surface area (Å²) in [5.41, 5.74) is 9.14. The molecule has 4 aliphatic rings. The number of anilines is 3. The van der Waals surface area contributed by atoms with Crippen LogP contribution in [-0.2, 0) is 56.4 Å². The average molecular weight is 1000 g/mol. The molecular weight excluding hydrogens is 939 g/mol. The van der Waals surface area contributed by atoms with Crippen molar-refractivity contribution in [3.63, 3.8) is 0 Å². The molecule has 5 aromatic rings. The second kappa shape index (κ2) is 22.1. The number of hydrogen-bond acceptors (Lipinski definition) is 11. The normalized spacial score (nSPS) is 16.9. The molecule has 74 heavy (non-hydrogen) atoms. The van der Waals surface area contributed by atoms with E-state index in [-0.39, 0.29) is 80.0 Å². The highest BCUT2D eigenvalue weighted by molar-refractivity contribution is 6.15. The van der Waals surface area contributed by atoms with Gasteiger partial charge in [0, 0.05) is 72.5 Å². The van der Waals surface area contributed by atoms with Crippen molar-refractivity contribution in [2.75, 3.05) is 29.3 Å². The minimum absolute atomic E-state index is 0.0571. The number of Topliss-reactive ketones (excluding diaryl/α,β-unsaturated/α-hetero) is 1. The summed E-state index contributed by atoms with van der Waals surface area (Å²) in [6.07, 6.45) is 5.97. The number of hydrogen-bond donors (Lipinski definition) is 2. The number of benzene rings is 5. The molecule has 15 heteroatoms. The summed E-state index contributed by atoms with van der Waals surface area (Å²) in [5, 5.41) is 5.86. The molecule has 0 saturated carbocycles. The van der Waals surface area contributed by atoms with Crippen LogP contribution < -0.4 is 34.6 Å². The molecule has 5 aromatic carbocycles. The number of unbranched alkanes of at least 4 members (excludes halogenated alkanes) is 1. The van der Waals surface area contributed by atoms with Gasteiger partial charge in [-0.1, -0.05) is 57.2 Å². The van der Waals surface area contributed by atoms with Crippen molar-refractivity contribution in [3.8, 4) is 17.2 Å². The average Bonchev–Trinajstić information content (AvgIpc) is 3.89. The van der Waals surface area contributed by atoms with E-state index in [1.807, 2.05) is 97.4 Å². The van der Waals surface area contributed by atoms with Gasteiger partial charge < -0.3 is 34.5 Å². The van der Waals surface area contributed by atoms with Gasteiger partial charge in [-0.15, -0.1) is 0 Å². The van der Waals surface area contributed by atoms with Gasteiger partial charge in [-0.3, -0.25) is 38.7 Å². The minimum atomic E-state index is -0.798. The molecule has 4 heterocycles. The Morgan fingerprint density at radius 3 is 2.09 bits per heavy atom. The summed E-state index contributed by atoms with van der Waals surface area (Å²) >= 11 is 0. The van der Waals surface area contributed by atoms with Gasteiger partial charge in [0.15, 0.2) is 17.3 Å². The number of rotatable bonds is 19. The molecule has 0 aliphatic carbocycles. The number of nitrogens with zero attached hydrogens (tertiary/aromatic N) is 3. The Morgan fingerprint density at radius 1 is 0.730 bits per heavy atom. The maximum Gasteiger partial charge on any atom is 0.305 e. The number of carbonyl (C=O) groups is 6. The number of para-hydroxylation sites is 2. The number of nitrogens with one attached hydrogen (secondary N) is 2. The Bertz CT molecular complexity index is 3060. The number of methoxy groups -OCH3 is 2. The first-order valence-electron chi connectivity index (χ1n) is 25.5. The van der Waals surface area contributed by atoms with Crippen LogP contribution in [0.25, 0.3) is 0 Å². The zero-order valence-electron chi connectivity index (χ0n) is 42.8. The number of ketones is 1. The second-order valence-electron chi connectivity index (χ2n) is 20.1. The molecule has 9 rings (SSSR count). The van der Waals surface area contributed by atoms with Crippen molar-refractivity contribution in [1.82, 2.24) is 5.32 Å². The first-order valence-corrected chi connectivity index (χ1v) is 25.5. The van der Waals surface area contributed by atoms with Crippen LogP contribution in [-0.4, -0.2) is 73.9 Å². The molecule has 0 unspecified atom stereocenters. The second-order valence-corrected chi connectivity index (χ2v) is 20.1. The lowest BCUT2D eigenvalue weighted by Gasteiger charge is -2.23. The molecule has 15 nitrogen and oxygen atoms in total. The lowest BCUT2D eigenvalue weighted by atomic mass is 9.92.